The second-order valence-electron chi connectivity index (χ2n) is 4.77. The summed E-state index contributed by atoms with van der Waals surface area (Å²) in [6.07, 6.45) is -0.175. The predicted molar refractivity (Wildman–Crippen MR) is 68.2 cm³/mol. The van der Waals surface area contributed by atoms with Crippen LogP contribution in [-0.2, 0) is 9.53 Å². The summed E-state index contributed by atoms with van der Waals surface area (Å²) in [6.45, 7) is 7.37. The van der Waals surface area contributed by atoms with Crippen molar-refractivity contribution < 1.29 is 19.4 Å². The highest BCUT2D eigenvalue weighted by molar-refractivity contribution is 5.69. The molecule has 0 aromatic rings. The number of rotatable bonds is 7. The maximum absolute atomic E-state index is 11.5. The van der Waals surface area contributed by atoms with Crippen LogP contribution in [0.4, 0.5) is 4.79 Å². The third kappa shape index (κ3) is 6.44. The first-order valence-corrected chi connectivity index (χ1v) is 6.22. The molecule has 0 bridgehead atoms. The molecule has 0 fully saturated rings. The first-order valence-electron chi connectivity index (χ1n) is 6.22. The molecule has 0 aromatic heterocycles. The van der Waals surface area contributed by atoms with Gasteiger partial charge in [-0.2, -0.15) is 0 Å². The largest absolute Gasteiger partial charge is 0.481 e. The van der Waals surface area contributed by atoms with Crippen LogP contribution < -0.4 is 11.1 Å². The number of aliphatic carboxylic acids is 1. The fourth-order valence-electron chi connectivity index (χ4n) is 1.64. The molecule has 0 radical (unpaired) electrons. The molecule has 106 valence electrons. The van der Waals surface area contributed by atoms with E-state index in [4.69, 9.17) is 15.6 Å². The van der Waals surface area contributed by atoms with E-state index in [1.54, 1.807) is 13.8 Å². The summed E-state index contributed by atoms with van der Waals surface area (Å²) in [4.78, 5) is 22.2. The predicted octanol–water partition coefficient (Wildman–Crippen LogP) is 1.34. The summed E-state index contributed by atoms with van der Waals surface area (Å²) in [5.74, 6) is -0.895. The Morgan fingerprint density at radius 3 is 2.28 bits per heavy atom. The first-order chi connectivity index (χ1) is 8.27. The van der Waals surface area contributed by atoms with E-state index in [-0.39, 0.29) is 18.4 Å². The second-order valence-corrected chi connectivity index (χ2v) is 4.77. The molecule has 6 nitrogen and oxygen atoms in total. The Morgan fingerprint density at radius 2 is 1.89 bits per heavy atom. The lowest BCUT2D eigenvalue weighted by atomic mass is 9.91. The van der Waals surface area contributed by atoms with Crippen molar-refractivity contribution in [2.45, 2.75) is 58.7 Å². The fraction of sp³-hybridized carbons (Fsp3) is 0.833. The number of carboxylic acid groups (broad SMARTS) is 1. The summed E-state index contributed by atoms with van der Waals surface area (Å²) in [6, 6.07) is -1.03. The first kappa shape index (κ1) is 16.7. The number of carbonyl (C=O) groups excluding carboxylic acids is 1. The zero-order chi connectivity index (χ0) is 14.3. The van der Waals surface area contributed by atoms with Crippen LogP contribution in [0.5, 0.6) is 0 Å². The lowest BCUT2D eigenvalue weighted by molar-refractivity contribution is -0.137. The van der Waals surface area contributed by atoms with E-state index in [2.05, 4.69) is 5.32 Å². The standard InChI is InChI=1S/C12H24N2O4/c1-5-8(4)11(9(13)6-10(15)16)14-12(17)18-7(2)3/h7-9,11H,5-6,13H2,1-4H3,(H,14,17)(H,15,16)/t8?,9-,11-/m0/s1. The summed E-state index contributed by atoms with van der Waals surface area (Å²) in [7, 11) is 0. The molecule has 0 aliphatic carbocycles. The normalized spacial score (nSPS) is 15.9. The number of carbonyl (C=O) groups is 2. The highest BCUT2D eigenvalue weighted by Crippen LogP contribution is 2.13. The number of ether oxygens (including phenoxy) is 1. The maximum Gasteiger partial charge on any atom is 0.407 e. The Hall–Kier alpha value is -1.30. The van der Waals surface area contributed by atoms with Crippen LogP contribution in [0.25, 0.3) is 0 Å². The van der Waals surface area contributed by atoms with Gasteiger partial charge in [-0.15, -0.1) is 0 Å². The molecule has 3 atom stereocenters. The summed E-state index contributed by atoms with van der Waals surface area (Å²) in [5, 5.41) is 11.4. The zero-order valence-electron chi connectivity index (χ0n) is 11.5. The van der Waals surface area contributed by atoms with E-state index >= 15 is 0 Å². The van der Waals surface area contributed by atoms with Crippen molar-refractivity contribution in [1.82, 2.24) is 5.32 Å². The van der Waals surface area contributed by atoms with Crippen LogP contribution in [0.15, 0.2) is 0 Å². The average Bonchev–Trinajstić information content (AvgIpc) is 2.22. The van der Waals surface area contributed by atoms with E-state index in [9.17, 15) is 9.59 Å². The van der Waals surface area contributed by atoms with E-state index < -0.39 is 24.1 Å². The van der Waals surface area contributed by atoms with Crippen molar-refractivity contribution in [3.05, 3.63) is 0 Å². The molecule has 0 rings (SSSR count). The maximum atomic E-state index is 11.5. The minimum Gasteiger partial charge on any atom is -0.481 e. The fourth-order valence-corrected chi connectivity index (χ4v) is 1.64. The number of amides is 1. The van der Waals surface area contributed by atoms with E-state index in [1.165, 1.54) is 0 Å². The van der Waals surface area contributed by atoms with Gasteiger partial charge in [0.25, 0.3) is 0 Å². The van der Waals surface area contributed by atoms with Gasteiger partial charge in [-0.1, -0.05) is 20.3 Å². The van der Waals surface area contributed by atoms with Crippen molar-refractivity contribution in [2.75, 3.05) is 0 Å². The minimum atomic E-state index is -0.977. The quantitative estimate of drug-likeness (QED) is 0.641. The molecule has 1 amide bonds. The van der Waals surface area contributed by atoms with Gasteiger partial charge in [0, 0.05) is 6.04 Å². The van der Waals surface area contributed by atoms with E-state index in [0.717, 1.165) is 6.42 Å². The molecular weight excluding hydrogens is 236 g/mol. The molecule has 1 unspecified atom stereocenters. The van der Waals surface area contributed by atoms with Gasteiger partial charge in [-0.25, -0.2) is 4.79 Å². The molecule has 0 heterocycles. The van der Waals surface area contributed by atoms with E-state index in [0.29, 0.717) is 0 Å². The molecule has 0 aliphatic rings. The molecule has 0 saturated carbocycles. The van der Waals surface area contributed by atoms with Crippen molar-refractivity contribution >= 4 is 12.1 Å². The van der Waals surface area contributed by atoms with Gasteiger partial charge in [-0.3, -0.25) is 4.79 Å². The molecule has 6 heteroatoms. The molecular formula is C12H24N2O4. The number of nitrogens with one attached hydrogen (secondary N) is 1. The van der Waals surface area contributed by atoms with Gasteiger partial charge >= 0.3 is 12.1 Å². The molecule has 0 spiro atoms. The monoisotopic (exact) mass is 260 g/mol. The minimum absolute atomic E-state index is 0.0825. The summed E-state index contributed by atoms with van der Waals surface area (Å²) >= 11 is 0. The lowest BCUT2D eigenvalue weighted by Crippen LogP contribution is -2.52. The van der Waals surface area contributed by atoms with Crippen molar-refractivity contribution in [2.24, 2.45) is 11.7 Å². The number of hydrogen-bond acceptors (Lipinski definition) is 4. The molecule has 0 aromatic carbocycles. The molecule has 4 N–H and O–H groups in total. The van der Waals surface area contributed by atoms with Crippen LogP contribution in [0.2, 0.25) is 0 Å². The Balaban J connectivity index is 4.58. The van der Waals surface area contributed by atoms with Gasteiger partial charge in [0.1, 0.15) is 0 Å². The van der Waals surface area contributed by atoms with Crippen LogP contribution in [-0.4, -0.2) is 35.4 Å². The van der Waals surface area contributed by atoms with Gasteiger partial charge < -0.3 is 20.9 Å². The topological polar surface area (TPSA) is 102 Å². The van der Waals surface area contributed by atoms with Gasteiger partial charge in [0.05, 0.1) is 18.6 Å². The average molecular weight is 260 g/mol. The summed E-state index contributed by atoms with van der Waals surface area (Å²) in [5.41, 5.74) is 5.82. The number of hydrogen-bond donors (Lipinski definition) is 3. The van der Waals surface area contributed by atoms with Crippen LogP contribution in [0, 0.1) is 5.92 Å². The highest BCUT2D eigenvalue weighted by Gasteiger charge is 2.27. The smallest absolute Gasteiger partial charge is 0.407 e. The van der Waals surface area contributed by atoms with Crippen LogP contribution >= 0.6 is 0 Å². The SMILES string of the molecule is CCC(C)[C@H](NC(=O)OC(C)C)[C@@H](N)CC(=O)O. The summed E-state index contributed by atoms with van der Waals surface area (Å²) < 4.78 is 4.98. The lowest BCUT2D eigenvalue weighted by Gasteiger charge is -2.29. The third-order valence-electron chi connectivity index (χ3n) is 2.76. The number of nitrogens with two attached hydrogens (primary N) is 1. The third-order valence-corrected chi connectivity index (χ3v) is 2.76. The van der Waals surface area contributed by atoms with Gasteiger partial charge in [-0.05, 0) is 19.8 Å². The van der Waals surface area contributed by atoms with Crippen LogP contribution in [0.3, 0.4) is 0 Å². The Labute approximate surface area is 108 Å². The Bertz CT molecular complexity index is 281. The highest BCUT2D eigenvalue weighted by atomic mass is 16.6. The van der Waals surface area contributed by atoms with Gasteiger partial charge in [0.2, 0.25) is 0 Å². The van der Waals surface area contributed by atoms with Crippen molar-refractivity contribution in [3.63, 3.8) is 0 Å². The molecule has 0 aliphatic heterocycles. The van der Waals surface area contributed by atoms with Crippen LogP contribution in [0.1, 0.15) is 40.5 Å². The number of carboxylic acids is 1. The zero-order valence-corrected chi connectivity index (χ0v) is 11.5. The Morgan fingerprint density at radius 1 is 1.33 bits per heavy atom. The second kappa shape index (κ2) is 7.92. The Kier molecular flexibility index (Phi) is 7.35. The van der Waals surface area contributed by atoms with Crippen molar-refractivity contribution in [3.8, 4) is 0 Å². The van der Waals surface area contributed by atoms with Crippen molar-refractivity contribution in [1.29, 1.82) is 0 Å². The molecule has 0 saturated heterocycles. The van der Waals surface area contributed by atoms with Gasteiger partial charge in [0.15, 0.2) is 0 Å². The number of alkyl carbamates (subject to hydrolysis) is 1. The molecule has 18 heavy (non-hydrogen) atoms. The van der Waals surface area contributed by atoms with E-state index in [1.807, 2.05) is 13.8 Å².